The molecule has 0 saturated carbocycles. The Labute approximate surface area is 86.7 Å². The van der Waals surface area contributed by atoms with Crippen LogP contribution >= 0.6 is 0 Å². The summed E-state index contributed by atoms with van der Waals surface area (Å²) in [6, 6.07) is 0. The Morgan fingerprint density at radius 3 is 2.36 bits per heavy atom. The van der Waals surface area contributed by atoms with Gasteiger partial charge in [0.25, 0.3) is 0 Å². The molecule has 0 heterocycles. The Morgan fingerprint density at radius 2 is 2.00 bits per heavy atom. The lowest BCUT2D eigenvalue weighted by molar-refractivity contribution is -0.134. The first-order valence-electron chi connectivity index (χ1n) is 4.85. The molecule has 0 bridgehead atoms. The number of carbonyl (C=O) groups excluding carboxylic acids is 1. The van der Waals surface area contributed by atoms with Gasteiger partial charge in [-0.05, 0) is 6.92 Å². The molecule has 0 aromatic heterocycles. The molecule has 0 amide bonds. The molecule has 0 aliphatic heterocycles. The first kappa shape index (κ1) is 11.2. The summed E-state index contributed by atoms with van der Waals surface area (Å²) in [6.07, 6.45) is 3.48. The monoisotopic (exact) mass is 210 g/mol. The van der Waals surface area contributed by atoms with E-state index in [1.807, 2.05) is 6.08 Å². The SMILES string of the molecule is COC(=O)C=CC1C(C)=C1[Si](C)(C)C. The van der Waals surface area contributed by atoms with Crippen molar-refractivity contribution in [3.8, 4) is 0 Å². The van der Waals surface area contributed by atoms with Crippen molar-refractivity contribution in [2.45, 2.75) is 26.6 Å². The largest absolute Gasteiger partial charge is 0.466 e. The Kier molecular flexibility index (Phi) is 3.00. The number of methoxy groups -OCH3 is 1. The van der Waals surface area contributed by atoms with Gasteiger partial charge in [-0.2, -0.15) is 0 Å². The van der Waals surface area contributed by atoms with E-state index in [-0.39, 0.29) is 5.97 Å². The molecule has 78 valence electrons. The van der Waals surface area contributed by atoms with Crippen molar-refractivity contribution in [2.24, 2.45) is 5.92 Å². The van der Waals surface area contributed by atoms with Gasteiger partial charge in [-0.15, -0.1) is 0 Å². The van der Waals surface area contributed by atoms with E-state index in [9.17, 15) is 4.79 Å². The van der Waals surface area contributed by atoms with Crippen LogP contribution in [-0.2, 0) is 9.53 Å². The number of hydrogen-bond acceptors (Lipinski definition) is 2. The standard InChI is InChI=1S/C11H18O2Si/c1-8-9(6-7-10(12)13-2)11(8)14(3,4)5/h6-7,9H,1-5H3. The third-order valence-electron chi connectivity index (χ3n) is 2.55. The van der Waals surface area contributed by atoms with Gasteiger partial charge >= 0.3 is 5.97 Å². The van der Waals surface area contributed by atoms with Gasteiger partial charge in [-0.25, -0.2) is 4.79 Å². The minimum atomic E-state index is -1.16. The first-order chi connectivity index (χ1) is 6.38. The van der Waals surface area contributed by atoms with Crippen LogP contribution in [0, 0.1) is 5.92 Å². The average molecular weight is 210 g/mol. The van der Waals surface area contributed by atoms with Gasteiger partial charge in [-0.3, -0.25) is 0 Å². The predicted octanol–water partition coefficient (Wildman–Crippen LogP) is 2.54. The molecular formula is C11H18O2Si. The zero-order chi connectivity index (χ0) is 10.9. The van der Waals surface area contributed by atoms with Gasteiger partial charge in [0.2, 0.25) is 0 Å². The number of allylic oxidation sites excluding steroid dienone is 3. The molecule has 1 atom stereocenters. The number of ether oxygens (including phenoxy) is 1. The van der Waals surface area contributed by atoms with E-state index in [1.54, 1.807) is 5.20 Å². The number of hydrogen-bond donors (Lipinski definition) is 0. The van der Waals surface area contributed by atoms with Gasteiger partial charge in [0, 0.05) is 12.0 Å². The summed E-state index contributed by atoms with van der Waals surface area (Å²) in [4.78, 5) is 10.9. The highest BCUT2D eigenvalue weighted by molar-refractivity contribution is 6.84. The summed E-state index contributed by atoms with van der Waals surface area (Å²) in [5.41, 5.74) is 1.45. The highest BCUT2D eigenvalue weighted by atomic mass is 28.3. The van der Waals surface area contributed by atoms with Crippen LogP contribution in [0.5, 0.6) is 0 Å². The van der Waals surface area contributed by atoms with Crippen molar-refractivity contribution in [1.29, 1.82) is 0 Å². The summed E-state index contributed by atoms with van der Waals surface area (Å²) in [5.74, 6) is 0.181. The van der Waals surface area contributed by atoms with E-state index in [0.29, 0.717) is 5.92 Å². The molecule has 0 radical (unpaired) electrons. The number of rotatable bonds is 3. The highest BCUT2D eigenvalue weighted by Crippen LogP contribution is 2.45. The number of carbonyl (C=O) groups is 1. The maximum Gasteiger partial charge on any atom is 0.330 e. The molecule has 0 aromatic carbocycles. The van der Waals surface area contributed by atoms with Crippen LogP contribution in [0.2, 0.25) is 19.6 Å². The van der Waals surface area contributed by atoms with Gasteiger partial charge in [0.05, 0.1) is 15.2 Å². The van der Waals surface area contributed by atoms with Gasteiger partial charge in [0.1, 0.15) is 0 Å². The highest BCUT2D eigenvalue weighted by Gasteiger charge is 2.39. The molecule has 2 nitrogen and oxygen atoms in total. The topological polar surface area (TPSA) is 26.3 Å². The van der Waals surface area contributed by atoms with Crippen molar-refractivity contribution < 1.29 is 9.53 Å². The van der Waals surface area contributed by atoms with Crippen molar-refractivity contribution >= 4 is 14.0 Å². The molecule has 1 rings (SSSR count). The van der Waals surface area contributed by atoms with E-state index >= 15 is 0 Å². The molecule has 0 spiro atoms. The zero-order valence-corrected chi connectivity index (χ0v) is 10.5. The Bertz CT molecular complexity index is 308. The molecule has 1 unspecified atom stereocenters. The zero-order valence-electron chi connectivity index (χ0n) is 9.55. The summed E-state index contributed by atoms with van der Waals surface area (Å²) in [5, 5.41) is 1.58. The van der Waals surface area contributed by atoms with E-state index in [2.05, 4.69) is 31.3 Å². The van der Waals surface area contributed by atoms with Crippen LogP contribution in [0.3, 0.4) is 0 Å². The third kappa shape index (κ3) is 2.35. The van der Waals surface area contributed by atoms with Crippen LogP contribution < -0.4 is 0 Å². The second-order valence-electron chi connectivity index (χ2n) is 4.71. The Hall–Kier alpha value is -0.833. The summed E-state index contributed by atoms with van der Waals surface area (Å²) in [6.45, 7) is 9.15. The molecule has 0 fully saturated rings. The van der Waals surface area contributed by atoms with Crippen molar-refractivity contribution in [1.82, 2.24) is 0 Å². The van der Waals surface area contributed by atoms with Crippen LogP contribution in [0.15, 0.2) is 22.9 Å². The molecule has 3 heteroatoms. The minimum absolute atomic E-state index is 0.264. The van der Waals surface area contributed by atoms with Crippen molar-refractivity contribution in [2.75, 3.05) is 7.11 Å². The normalized spacial score (nSPS) is 21.6. The van der Waals surface area contributed by atoms with Crippen molar-refractivity contribution in [3.05, 3.63) is 22.9 Å². The van der Waals surface area contributed by atoms with Crippen LogP contribution in [0.4, 0.5) is 0 Å². The van der Waals surface area contributed by atoms with Gasteiger partial charge in [-0.1, -0.05) is 36.5 Å². The summed E-state index contributed by atoms with van der Waals surface area (Å²) < 4.78 is 4.55. The van der Waals surface area contributed by atoms with E-state index in [1.165, 1.54) is 18.8 Å². The lowest BCUT2D eigenvalue weighted by atomic mass is 10.3. The molecule has 0 saturated heterocycles. The molecule has 14 heavy (non-hydrogen) atoms. The van der Waals surface area contributed by atoms with Crippen LogP contribution in [-0.4, -0.2) is 21.2 Å². The molecule has 1 aliphatic rings. The Balaban J connectivity index is 2.56. The van der Waals surface area contributed by atoms with E-state index < -0.39 is 8.07 Å². The van der Waals surface area contributed by atoms with Gasteiger partial charge in [0.15, 0.2) is 0 Å². The maximum atomic E-state index is 10.9. The fourth-order valence-electron chi connectivity index (χ4n) is 1.89. The molecule has 0 N–H and O–H groups in total. The second-order valence-corrected chi connectivity index (χ2v) is 9.75. The van der Waals surface area contributed by atoms with Crippen LogP contribution in [0.1, 0.15) is 6.92 Å². The molecular weight excluding hydrogens is 192 g/mol. The fourth-order valence-corrected chi connectivity index (χ4v) is 4.41. The number of esters is 1. The Morgan fingerprint density at radius 1 is 1.43 bits per heavy atom. The third-order valence-corrected chi connectivity index (χ3v) is 4.87. The summed E-state index contributed by atoms with van der Waals surface area (Å²) in [7, 11) is 0.247. The smallest absolute Gasteiger partial charge is 0.330 e. The molecule has 1 aliphatic carbocycles. The fraction of sp³-hybridized carbons (Fsp3) is 0.545. The minimum Gasteiger partial charge on any atom is -0.466 e. The predicted molar refractivity (Wildman–Crippen MR) is 60.7 cm³/mol. The maximum absolute atomic E-state index is 10.9. The lowest BCUT2D eigenvalue weighted by Gasteiger charge is -2.11. The summed E-state index contributed by atoms with van der Waals surface area (Å²) >= 11 is 0. The van der Waals surface area contributed by atoms with Crippen LogP contribution in [0.25, 0.3) is 0 Å². The quantitative estimate of drug-likeness (QED) is 0.406. The lowest BCUT2D eigenvalue weighted by Crippen LogP contribution is -2.19. The average Bonchev–Trinajstić information content (AvgIpc) is 2.71. The van der Waals surface area contributed by atoms with E-state index in [4.69, 9.17) is 0 Å². The van der Waals surface area contributed by atoms with Crippen molar-refractivity contribution in [3.63, 3.8) is 0 Å². The molecule has 0 aromatic rings. The second kappa shape index (κ2) is 3.73. The first-order valence-corrected chi connectivity index (χ1v) is 8.35. The van der Waals surface area contributed by atoms with Gasteiger partial charge < -0.3 is 4.74 Å². The van der Waals surface area contributed by atoms with E-state index in [0.717, 1.165) is 0 Å².